The Morgan fingerprint density at radius 3 is 2.94 bits per heavy atom. The lowest BCUT2D eigenvalue weighted by Gasteiger charge is -2.11. The molecule has 0 amide bonds. The summed E-state index contributed by atoms with van der Waals surface area (Å²) in [5.41, 5.74) is 7.81. The minimum absolute atomic E-state index is 0.0764. The van der Waals surface area contributed by atoms with E-state index in [2.05, 4.69) is 10.3 Å². The highest BCUT2D eigenvalue weighted by molar-refractivity contribution is 7.80. The van der Waals surface area contributed by atoms with Crippen LogP contribution in [0.3, 0.4) is 0 Å². The summed E-state index contributed by atoms with van der Waals surface area (Å²) in [6.45, 7) is 0.481. The Morgan fingerprint density at radius 1 is 1.56 bits per heavy atom. The average Bonchev–Trinajstić information content (AvgIpc) is 2.72. The number of benzene rings is 1. The molecule has 0 bridgehead atoms. The van der Waals surface area contributed by atoms with Crippen molar-refractivity contribution in [3.8, 4) is 0 Å². The second-order valence-electron chi connectivity index (χ2n) is 3.55. The third-order valence-corrected chi connectivity index (χ3v) is 3.54. The number of rotatable bonds is 4. The van der Waals surface area contributed by atoms with Crippen molar-refractivity contribution in [2.45, 2.75) is 6.54 Å². The summed E-state index contributed by atoms with van der Waals surface area (Å²) < 4.78 is 0. The molecule has 0 fully saturated rings. The van der Waals surface area contributed by atoms with Crippen LogP contribution in [0.1, 0.15) is 11.3 Å². The lowest BCUT2D eigenvalue weighted by atomic mass is 10.1. The number of nitrogens with one attached hydrogen (secondary N) is 2. The lowest BCUT2D eigenvalue weighted by Crippen LogP contribution is -2.14. The van der Waals surface area contributed by atoms with Gasteiger partial charge in [-0.1, -0.05) is 41.2 Å². The van der Waals surface area contributed by atoms with Crippen molar-refractivity contribution in [3.63, 3.8) is 0 Å². The van der Waals surface area contributed by atoms with Gasteiger partial charge in [-0.15, -0.1) is 0 Å². The van der Waals surface area contributed by atoms with Crippen LogP contribution in [0.15, 0.2) is 28.4 Å². The number of hydrogen-bond donors (Lipinski definition) is 3. The highest BCUT2D eigenvalue weighted by Crippen LogP contribution is 2.24. The molecule has 4 nitrogen and oxygen atoms in total. The van der Waals surface area contributed by atoms with Gasteiger partial charge in [0, 0.05) is 16.8 Å². The molecular formula is C11H10ClN3OS2. The zero-order valence-electron chi connectivity index (χ0n) is 9.20. The molecule has 0 aliphatic heterocycles. The normalized spacial score (nSPS) is 10.3. The Hall–Kier alpha value is -1.37. The molecule has 7 heteroatoms. The molecule has 0 aliphatic carbocycles. The number of aromatic amines is 1. The molecule has 0 spiro atoms. The largest absolute Gasteiger partial charge is 0.389 e. The van der Waals surface area contributed by atoms with Gasteiger partial charge in [0.15, 0.2) is 0 Å². The third kappa shape index (κ3) is 2.90. The Balaban J connectivity index is 2.21. The topological polar surface area (TPSA) is 70.9 Å². The van der Waals surface area contributed by atoms with Crippen molar-refractivity contribution in [2.24, 2.45) is 5.73 Å². The smallest absolute Gasteiger partial charge is 0.304 e. The standard InChI is InChI=1S/C11H10ClN3OS2/c12-7-2-1-3-8(9(7)10(13)17)14-4-6-5-18-11(16)15-6/h1-3,5,14H,4H2,(H2,13,17)(H,15,16). The second kappa shape index (κ2) is 5.51. The molecule has 94 valence electrons. The minimum atomic E-state index is -0.0764. The van der Waals surface area contributed by atoms with Crippen molar-refractivity contribution in [1.82, 2.24) is 4.98 Å². The zero-order valence-corrected chi connectivity index (χ0v) is 11.6. The van der Waals surface area contributed by atoms with Crippen LogP contribution < -0.4 is 15.9 Å². The highest BCUT2D eigenvalue weighted by atomic mass is 35.5. The van der Waals surface area contributed by atoms with Gasteiger partial charge in [0.05, 0.1) is 17.1 Å². The Kier molecular flexibility index (Phi) is 4.00. The maximum atomic E-state index is 11.0. The number of halogens is 1. The van der Waals surface area contributed by atoms with Gasteiger partial charge in [0.1, 0.15) is 4.99 Å². The molecule has 0 radical (unpaired) electrons. The maximum Gasteiger partial charge on any atom is 0.304 e. The summed E-state index contributed by atoms with van der Waals surface area (Å²) in [7, 11) is 0. The van der Waals surface area contributed by atoms with Crippen LogP contribution in [0, 0.1) is 0 Å². The highest BCUT2D eigenvalue weighted by Gasteiger charge is 2.09. The number of anilines is 1. The predicted molar refractivity (Wildman–Crippen MR) is 79.6 cm³/mol. The molecule has 1 aromatic carbocycles. The van der Waals surface area contributed by atoms with Crippen molar-refractivity contribution in [2.75, 3.05) is 5.32 Å². The fraction of sp³-hybridized carbons (Fsp3) is 0.0909. The zero-order chi connectivity index (χ0) is 13.1. The molecule has 0 atom stereocenters. The van der Waals surface area contributed by atoms with Crippen molar-refractivity contribution >= 4 is 45.8 Å². The van der Waals surface area contributed by atoms with E-state index in [0.29, 0.717) is 17.1 Å². The van der Waals surface area contributed by atoms with Crippen LogP contribution in [0.5, 0.6) is 0 Å². The van der Waals surface area contributed by atoms with E-state index in [1.807, 2.05) is 12.1 Å². The molecule has 0 saturated carbocycles. The quantitative estimate of drug-likeness (QED) is 0.758. The van der Waals surface area contributed by atoms with E-state index in [-0.39, 0.29) is 9.86 Å². The number of thiazole rings is 1. The molecule has 1 aromatic heterocycles. The molecule has 18 heavy (non-hydrogen) atoms. The van der Waals surface area contributed by atoms with Crippen molar-refractivity contribution in [1.29, 1.82) is 0 Å². The molecule has 4 N–H and O–H groups in total. The molecule has 1 heterocycles. The Morgan fingerprint density at radius 2 is 2.33 bits per heavy atom. The van der Waals surface area contributed by atoms with Crippen LogP contribution in [-0.2, 0) is 6.54 Å². The Labute approximate surface area is 118 Å². The maximum absolute atomic E-state index is 11.0. The number of thiocarbonyl (C=S) groups is 1. The van der Waals surface area contributed by atoms with Crippen molar-refractivity contribution < 1.29 is 0 Å². The number of nitrogens with two attached hydrogens (primary N) is 1. The molecule has 0 unspecified atom stereocenters. The van der Waals surface area contributed by atoms with E-state index in [4.69, 9.17) is 29.6 Å². The minimum Gasteiger partial charge on any atom is -0.389 e. The van der Waals surface area contributed by atoms with Gasteiger partial charge in [0.2, 0.25) is 0 Å². The van der Waals surface area contributed by atoms with Gasteiger partial charge in [-0.25, -0.2) is 0 Å². The SMILES string of the molecule is NC(=S)c1c(Cl)cccc1NCc1csc(=O)[nH]1. The second-order valence-corrected chi connectivity index (χ2v) is 5.24. The first-order valence-electron chi connectivity index (χ1n) is 5.07. The molecule has 0 saturated heterocycles. The van der Waals surface area contributed by atoms with Crippen LogP contribution in [0.25, 0.3) is 0 Å². The molecular weight excluding hydrogens is 290 g/mol. The molecule has 2 rings (SSSR count). The van der Waals surface area contributed by atoms with Crippen LogP contribution in [0.2, 0.25) is 5.02 Å². The predicted octanol–water partition coefficient (Wildman–Crippen LogP) is 2.34. The van der Waals surface area contributed by atoms with Crippen LogP contribution >= 0.6 is 35.2 Å². The van der Waals surface area contributed by atoms with Gasteiger partial charge in [-0.2, -0.15) is 0 Å². The average molecular weight is 300 g/mol. The van der Waals surface area contributed by atoms with E-state index in [1.54, 1.807) is 11.4 Å². The van der Waals surface area contributed by atoms with E-state index < -0.39 is 0 Å². The summed E-state index contributed by atoms with van der Waals surface area (Å²) in [6, 6.07) is 5.38. The number of H-pyrrole nitrogens is 1. The van der Waals surface area contributed by atoms with E-state index in [0.717, 1.165) is 22.7 Å². The number of aromatic nitrogens is 1. The summed E-state index contributed by atoms with van der Waals surface area (Å²) in [5.74, 6) is 0. The van der Waals surface area contributed by atoms with Crippen LogP contribution in [0.4, 0.5) is 5.69 Å². The summed E-state index contributed by atoms with van der Waals surface area (Å²) in [6.07, 6.45) is 0. The molecule has 0 aliphatic rings. The van der Waals surface area contributed by atoms with Gasteiger partial charge < -0.3 is 16.0 Å². The molecule has 2 aromatic rings. The van der Waals surface area contributed by atoms with Gasteiger partial charge in [-0.05, 0) is 12.1 Å². The first-order chi connectivity index (χ1) is 8.58. The first kappa shape index (κ1) is 13.1. The van der Waals surface area contributed by atoms with E-state index >= 15 is 0 Å². The van der Waals surface area contributed by atoms with Gasteiger partial charge in [0.25, 0.3) is 0 Å². The first-order valence-corrected chi connectivity index (χ1v) is 6.73. The summed E-state index contributed by atoms with van der Waals surface area (Å²) in [5, 5.41) is 5.42. The lowest BCUT2D eigenvalue weighted by molar-refractivity contribution is 1.06. The monoisotopic (exact) mass is 299 g/mol. The Bertz CT molecular complexity index is 635. The van der Waals surface area contributed by atoms with Gasteiger partial charge >= 0.3 is 4.87 Å². The fourth-order valence-electron chi connectivity index (χ4n) is 1.51. The van der Waals surface area contributed by atoms with E-state index in [9.17, 15) is 4.79 Å². The summed E-state index contributed by atoms with van der Waals surface area (Å²) >= 11 is 12.1. The van der Waals surface area contributed by atoms with Gasteiger partial charge in [-0.3, -0.25) is 4.79 Å². The van der Waals surface area contributed by atoms with E-state index in [1.165, 1.54) is 0 Å². The van der Waals surface area contributed by atoms with Crippen LogP contribution in [-0.4, -0.2) is 9.97 Å². The third-order valence-electron chi connectivity index (χ3n) is 2.30. The summed E-state index contributed by atoms with van der Waals surface area (Å²) in [4.78, 5) is 13.9. The van der Waals surface area contributed by atoms with Crippen molar-refractivity contribution in [3.05, 3.63) is 49.5 Å². The fourth-order valence-corrected chi connectivity index (χ4v) is 2.65. The number of hydrogen-bond acceptors (Lipinski definition) is 4.